The van der Waals surface area contributed by atoms with Crippen LogP contribution in [0.25, 0.3) is 0 Å². The molecule has 0 unspecified atom stereocenters. The first kappa shape index (κ1) is 13.8. The van der Waals surface area contributed by atoms with Crippen molar-refractivity contribution in [3.05, 3.63) is 34.0 Å². The Balaban J connectivity index is 2.75. The number of imide groups is 1. The number of carbonyl (C=O) groups excluding carboxylic acids is 2. The topological polar surface area (TPSA) is 102 Å². The Morgan fingerprint density at radius 1 is 1.50 bits per heavy atom. The van der Waals surface area contributed by atoms with Crippen molar-refractivity contribution in [1.82, 2.24) is 10.3 Å². The smallest absolute Gasteiger partial charge is 0.358 e. The molecule has 0 aliphatic carbocycles. The Kier molecular flexibility index (Phi) is 4.47. The minimum atomic E-state index is -0.702. The van der Waals surface area contributed by atoms with E-state index < -0.39 is 22.6 Å². The number of pyridine rings is 1. The van der Waals surface area contributed by atoms with E-state index in [1.54, 1.807) is 0 Å². The van der Waals surface area contributed by atoms with Crippen molar-refractivity contribution < 1.29 is 14.5 Å². The van der Waals surface area contributed by atoms with Crippen molar-refractivity contribution in [1.29, 1.82) is 0 Å². The average Bonchev–Trinajstić information content (AvgIpc) is 2.27. The van der Waals surface area contributed by atoms with Crippen LogP contribution in [0.4, 0.5) is 5.82 Å². The lowest BCUT2D eigenvalue weighted by Crippen LogP contribution is -2.31. The summed E-state index contributed by atoms with van der Waals surface area (Å²) in [4.78, 5) is 36.3. The zero-order chi connectivity index (χ0) is 13.7. The van der Waals surface area contributed by atoms with Gasteiger partial charge in [0.15, 0.2) is 0 Å². The van der Waals surface area contributed by atoms with Crippen LogP contribution in [0.3, 0.4) is 0 Å². The molecule has 0 bridgehead atoms. The molecule has 1 aromatic rings. The largest absolute Gasteiger partial charge is 0.364 e. The summed E-state index contributed by atoms with van der Waals surface area (Å²) < 4.78 is 0. The second kappa shape index (κ2) is 5.85. The van der Waals surface area contributed by atoms with E-state index in [1.165, 1.54) is 6.07 Å². The number of hydrogen-bond donors (Lipinski definition) is 1. The summed E-state index contributed by atoms with van der Waals surface area (Å²) in [6, 6.07) is 2.34. The second-order valence-corrected chi connectivity index (χ2v) is 4.14. The molecule has 1 N–H and O–H groups in total. The molecule has 2 amide bonds. The fraction of sp³-hybridized carbons (Fsp3) is 0.364. The quantitative estimate of drug-likeness (QED) is 0.641. The normalized spacial score (nSPS) is 10.2. The van der Waals surface area contributed by atoms with Crippen LogP contribution in [0, 0.1) is 16.0 Å². The van der Waals surface area contributed by atoms with E-state index in [0.717, 1.165) is 12.3 Å². The number of nitrogens with one attached hydrogen (secondary N) is 1. The molecule has 18 heavy (non-hydrogen) atoms. The highest BCUT2D eigenvalue weighted by molar-refractivity contribution is 6.04. The Bertz CT molecular complexity index is 485. The summed E-state index contributed by atoms with van der Waals surface area (Å²) in [6.07, 6.45) is 1.37. The summed E-state index contributed by atoms with van der Waals surface area (Å²) in [5.74, 6) is -1.37. The first-order valence-electron chi connectivity index (χ1n) is 5.34. The highest BCUT2D eigenvalue weighted by atomic mass is 16.6. The summed E-state index contributed by atoms with van der Waals surface area (Å²) in [7, 11) is 0. The van der Waals surface area contributed by atoms with Crippen LogP contribution in [0.2, 0.25) is 0 Å². The lowest BCUT2D eigenvalue weighted by atomic mass is 10.1. The number of nitrogens with zero attached hydrogens (tertiary/aromatic N) is 2. The summed E-state index contributed by atoms with van der Waals surface area (Å²) in [5.41, 5.74) is 0.0359. The van der Waals surface area contributed by atoms with E-state index in [2.05, 4.69) is 10.3 Å². The van der Waals surface area contributed by atoms with Crippen LogP contribution in [0.5, 0.6) is 0 Å². The highest BCUT2D eigenvalue weighted by Gasteiger charge is 2.15. The summed E-state index contributed by atoms with van der Waals surface area (Å²) >= 11 is 0. The number of hydrogen-bond acceptors (Lipinski definition) is 5. The Morgan fingerprint density at radius 3 is 2.72 bits per heavy atom. The molecule has 1 aromatic heterocycles. The molecule has 0 aliphatic rings. The van der Waals surface area contributed by atoms with Crippen LogP contribution in [0.15, 0.2) is 18.3 Å². The van der Waals surface area contributed by atoms with Gasteiger partial charge in [-0.05, 0) is 21.9 Å². The maximum absolute atomic E-state index is 11.6. The SMILES string of the molecule is CC(C)CC(=O)NC(=O)c1ccnc([N+](=O)[O-])c1. The monoisotopic (exact) mass is 251 g/mol. The van der Waals surface area contributed by atoms with Gasteiger partial charge in [0, 0.05) is 12.5 Å². The van der Waals surface area contributed by atoms with Crippen LogP contribution in [0.1, 0.15) is 30.6 Å². The fourth-order valence-corrected chi connectivity index (χ4v) is 1.28. The van der Waals surface area contributed by atoms with E-state index in [1.807, 2.05) is 13.8 Å². The third-order valence-electron chi connectivity index (χ3n) is 2.04. The standard InChI is InChI=1S/C11H13N3O4/c1-7(2)5-10(15)13-11(16)8-3-4-12-9(6-8)14(17)18/h3-4,6-7H,5H2,1-2H3,(H,13,15,16). The maximum Gasteiger partial charge on any atom is 0.364 e. The average molecular weight is 251 g/mol. The van der Waals surface area contributed by atoms with Crippen LogP contribution in [-0.2, 0) is 4.79 Å². The van der Waals surface area contributed by atoms with Crippen molar-refractivity contribution in [3.8, 4) is 0 Å². The molecule has 0 aromatic carbocycles. The maximum atomic E-state index is 11.6. The first-order chi connectivity index (χ1) is 8.40. The van der Waals surface area contributed by atoms with E-state index in [4.69, 9.17) is 0 Å². The van der Waals surface area contributed by atoms with Crippen LogP contribution < -0.4 is 5.32 Å². The van der Waals surface area contributed by atoms with Gasteiger partial charge in [0.05, 0.1) is 5.56 Å². The van der Waals surface area contributed by atoms with Crippen molar-refractivity contribution in [2.75, 3.05) is 0 Å². The van der Waals surface area contributed by atoms with E-state index in [9.17, 15) is 19.7 Å². The van der Waals surface area contributed by atoms with Gasteiger partial charge in [0.1, 0.15) is 6.20 Å². The number of aromatic nitrogens is 1. The molecule has 0 fully saturated rings. The molecule has 1 heterocycles. The molecule has 0 aliphatic heterocycles. The molecule has 0 radical (unpaired) electrons. The van der Waals surface area contributed by atoms with E-state index in [0.29, 0.717) is 0 Å². The zero-order valence-corrected chi connectivity index (χ0v) is 10.0. The van der Waals surface area contributed by atoms with Gasteiger partial charge in [0.25, 0.3) is 5.91 Å². The highest BCUT2D eigenvalue weighted by Crippen LogP contribution is 2.09. The molecule has 0 saturated carbocycles. The van der Waals surface area contributed by atoms with Gasteiger partial charge in [-0.3, -0.25) is 14.9 Å². The van der Waals surface area contributed by atoms with Gasteiger partial charge in [-0.15, -0.1) is 0 Å². The minimum Gasteiger partial charge on any atom is -0.358 e. The molecule has 0 saturated heterocycles. The summed E-state index contributed by atoms with van der Waals surface area (Å²) in [5, 5.41) is 12.7. The third kappa shape index (κ3) is 3.93. The van der Waals surface area contributed by atoms with Gasteiger partial charge in [-0.25, -0.2) is 0 Å². The van der Waals surface area contributed by atoms with Crippen LogP contribution in [-0.4, -0.2) is 21.7 Å². The van der Waals surface area contributed by atoms with Crippen molar-refractivity contribution in [3.63, 3.8) is 0 Å². The van der Waals surface area contributed by atoms with E-state index >= 15 is 0 Å². The van der Waals surface area contributed by atoms with Gasteiger partial charge >= 0.3 is 5.82 Å². The number of amides is 2. The van der Waals surface area contributed by atoms with Crippen molar-refractivity contribution in [2.24, 2.45) is 5.92 Å². The molecule has 0 atom stereocenters. The predicted molar refractivity (Wildman–Crippen MR) is 62.8 cm³/mol. The Labute approximate surface area is 103 Å². The second-order valence-electron chi connectivity index (χ2n) is 4.14. The third-order valence-corrected chi connectivity index (χ3v) is 2.04. The minimum absolute atomic E-state index is 0.0359. The molecule has 7 nitrogen and oxygen atoms in total. The first-order valence-corrected chi connectivity index (χ1v) is 5.34. The molecular weight excluding hydrogens is 238 g/mol. The molecule has 0 spiro atoms. The van der Waals surface area contributed by atoms with Gasteiger partial charge < -0.3 is 10.1 Å². The van der Waals surface area contributed by atoms with Crippen LogP contribution >= 0.6 is 0 Å². The van der Waals surface area contributed by atoms with Gasteiger partial charge in [0.2, 0.25) is 5.91 Å². The fourth-order valence-electron chi connectivity index (χ4n) is 1.28. The number of nitro groups is 1. The number of carbonyl (C=O) groups is 2. The zero-order valence-electron chi connectivity index (χ0n) is 10.0. The Morgan fingerprint density at radius 2 is 2.17 bits per heavy atom. The Hall–Kier alpha value is -2.31. The van der Waals surface area contributed by atoms with Crippen molar-refractivity contribution in [2.45, 2.75) is 20.3 Å². The molecular formula is C11H13N3O4. The molecule has 1 rings (SSSR count). The molecule has 7 heteroatoms. The molecule has 96 valence electrons. The number of rotatable bonds is 4. The predicted octanol–water partition coefficient (Wildman–Crippen LogP) is 1.29. The summed E-state index contributed by atoms with van der Waals surface area (Å²) in [6.45, 7) is 3.70. The van der Waals surface area contributed by atoms with Gasteiger partial charge in [-0.2, -0.15) is 0 Å². The van der Waals surface area contributed by atoms with E-state index in [-0.39, 0.29) is 17.9 Å². The lowest BCUT2D eigenvalue weighted by Gasteiger charge is -2.05. The van der Waals surface area contributed by atoms with Gasteiger partial charge in [-0.1, -0.05) is 13.8 Å². The van der Waals surface area contributed by atoms with Crippen molar-refractivity contribution >= 4 is 17.6 Å². The lowest BCUT2D eigenvalue weighted by molar-refractivity contribution is -0.389.